The molecule has 0 amide bonds. The van der Waals surface area contributed by atoms with Gasteiger partial charge in [0, 0.05) is 0 Å². The molecule has 0 aliphatic carbocycles. The van der Waals surface area contributed by atoms with Gasteiger partial charge in [-0.2, -0.15) is 0 Å². The third-order valence-electron chi connectivity index (χ3n) is 3.54. The quantitative estimate of drug-likeness (QED) is 0.642. The summed E-state index contributed by atoms with van der Waals surface area (Å²) < 4.78 is 0. The molecule has 0 aliphatic heterocycles. The predicted molar refractivity (Wildman–Crippen MR) is 98.8 cm³/mol. The fourth-order valence-electron chi connectivity index (χ4n) is 2.28. The maximum atomic E-state index is 2.36. The van der Waals surface area contributed by atoms with Gasteiger partial charge in [0.2, 0.25) is 0 Å². The van der Waals surface area contributed by atoms with Gasteiger partial charge in [0.15, 0.2) is 0 Å². The molecule has 0 aliphatic rings. The Balaban J connectivity index is 1.74. The van der Waals surface area contributed by atoms with Crippen LogP contribution in [0.2, 0.25) is 0 Å². The second kappa shape index (κ2) is 6.90. The molecule has 3 aromatic rings. The smallest absolute Gasteiger partial charge is 0.0639 e. The van der Waals surface area contributed by atoms with E-state index in [1.54, 1.807) is 0 Å². The third-order valence-corrected chi connectivity index (χ3v) is 5.99. The lowest BCUT2D eigenvalue weighted by Gasteiger charge is -2.05. The van der Waals surface area contributed by atoms with Crippen LogP contribution in [0.25, 0.3) is 0 Å². The number of hydrogen-bond acceptors (Lipinski definition) is 0. The molecule has 0 bridgehead atoms. The van der Waals surface area contributed by atoms with Crippen molar-refractivity contribution in [3.8, 4) is 0 Å². The van der Waals surface area contributed by atoms with E-state index in [1.165, 1.54) is 31.9 Å². The Bertz CT molecular complexity index is 681. The van der Waals surface area contributed by atoms with Crippen LogP contribution in [-0.2, 0) is 0 Å². The summed E-state index contributed by atoms with van der Waals surface area (Å²) in [5, 5.41) is 5.64. The predicted octanol–water partition coefficient (Wildman–Crippen LogP) is 1.61. The van der Waals surface area contributed by atoms with E-state index in [1.807, 2.05) is 0 Å². The first-order valence-electron chi connectivity index (χ1n) is 7.46. The summed E-state index contributed by atoms with van der Waals surface area (Å²) in [6.45, 7) is 4.27. The largest absolute Gasteiger partial charge is 0.121 e. The SMILES string of the molecule is Cc1ccc([Si]c2cccc([Si]c3ccc(C)cc3)c2)cc1. The highest BCUT2D eigenvalue weighted by molar-refractivity contribution is 6.70. The summed E-state index contributed by atoms with van der Waals surface area (Å²) in [7, 11) is 1.47. The van der Waals surface area contributed by atoms with Crippen LogP contribution < -0.4 is 20.7 Å². The molecule has 0 aromatic heterocycles. The molecule has 0 fully saturated rings. The second-order valence-corrected chi connectivity index (χ2v) is 8.37. The minimum atomic E-state index is 0.733. The molecule has 4 radical (unpaired) electrons. The molecule has 0 unspecified atom stereocenters. The van der Waals surface area contributed by atoms with Crippen molar-refractivity contribution in [2.45, 2.75) is 13.8 Å². The Morgan fingerprint density at radius 1 is 0.500 bits per heavy atom. The van der Waals surface area contributed by atoms with E-state index in [0.717, 1.165) is 19.0 Å². The Kier molecular flexibility index (Phi) is 4.71. The van der Waals surface area contributed by atoms with Crippen molar-refractivity contribution in [3.05, 3.63) is 83.9 Å². The van der Waals surface area contributed by atoms with Gasteiger partial charge in [-0.1, -0.05) is 105 Å². The molecule has 0 atom stereocenters. The van der Waals surface area contributed by atoms with Crippen molar-refractivity contribution in [1.29, 1.82) is 0 Å². The maximum absolute atomic E-state index is 2.36. The summed E-state index contributed by atoms with van der Waals surface area (Å²) in [6, 6.07) is 26.8. The third kappa shape index (κ3) is 4.06. The van der Waals surface area contributed by atoms with E-state index in [9.17, 15) is 0 Å². The summed E-state index contributed by atoms with van der Waals surface area (Å²) in [5.74, 6) is 0. The molecule has 0 spiro atoms. The van der Waals surface area contributed by atoms with Gasteiger partial charge in [-0.05, 0) is 13.8 Å². The monoisotopic (exact) mass is 314 g/mol. The van der Waals surface area contributed by atoms with Gasteiger partial charge >= 0.3 is 0 Å². The molecule has 106 valence electrons. The van der Waals surface area contributed by atoms with Crippen LogP contribution in [-0.4, -0.2) is 19.0 Å². The zero-order chi connectivity index (χ0) is 15.4. The van der Waals surface area contributed by atoms with E-state index in [-0.39, 0.29) is 0 Å². The van der Waals surface area contributed by atoms with Crippen molar-refractivity contribution in [2.75, 3.05) is 0 Å². The van der Waals surface area contributed by atoms with Gasteiger partial charge in [-0.25, -0.2) is 0 Å². The molecule has 22 heavy (non-hydrogen) atoms. The summed E-state index contributed by atoms with van der Waals surface area (Å²) in [5.41, 5.74) is 2.64. The molecule has 2 heteroatoms. The van der Waals surface area contributed by atoms with Crippen molar-refractivity contribution in [1.82, 2.24) is 0 Å². The minimum Gasteiger partial charge on any atom is -0.0639 e. The van der Waals surface area contributed by atoms with Crippen LogP contribution >= 0.6 is 0 Å². The number of aryl methyl sites for hydroxylation is 2. The van der Waals surface area contributed by atoms with E-state index in [2.05, 4.69) is 86.6 Å². The number of rotatable bonds is 4. The second-order valence-electron chi connectivity index (χ2n) is 5.56. The Labute approximate surface area is 137 Å². The lowest BCUT2D eigenvalue weighted by Crippen LogP contribution is -2.33. The van der Waals surface area contributed by atoms with Crippen molar-refractivity contribution < 1.29 is 0 Å². The van der Waals surface area contributed by atoms with Crippen molar-refractivity contribution >= 4 is 39.8 Å². The van der Waals surface area contributed by atoms with Gasteiger partial charge in [-0.15, -0.1) is 0 Å². The van der Waals surface area contributed by atoms with E-state index >= 15 is 0 Å². The molecule has 0 heterocycles. The minimum absolute atomic E-state index is 0.733. The normalized spacial score (nSPS) is 10.6. The summed E-state index contributed by atoms with van der Waals surface area (Å²) in [4.78, 5) is 0. The first kappa shape index (κ1) is 15.0. The van der Waals surface area contributed by atoms with Crippen LogP contribution in [0.5, 0.6) is 0 Å². The van der Waals surface area contributed by atoms with Gasteiger partial charge < -0.3 is 0 Å². The fourth-order valence-corrected chi connectivity index (χ4v) is 4.57. The number of benzene rings is 3. The van der Waals surface area contributed by atoms with Crippen LogP contribution in [0.15, 0.2) is 72.8 Å². The van der Waals surface area contributed by atoms with Gasteiger partial charge in [0.1, 0.15) is 19.0 Å². The van der Waals surface area contributed by atoms with Crippen LogP contribution in [0.1, 0.15) is 11.1 Å². The van der Waals surface area contributed by atoms with Crippen molar-refractivity contribution in [2.24, 2.45) is 0 Å². The zero-order valence-electron chi connectivity index (χ0n) is 12.9. The van der Waals surface area contributed by atoms with Crippen LogP contribution in [0.4, 0.5) is 0 Å². The Morgan fingerprint density at radius 2 is 0.909 bits per heavy atom. The van der Waals surface area contributed by atoms with Crippen LogP contribution in [0.3, 0.4) is 0 Å². The fraction of sp³-hybridized carbons (Fsp3) is 0.100. The van der Waals surface area contributed by atoms with Gasteiger partial charge in [0.25, 0.3) is 0 Å². The average molecular weight is 315 g/mol. The summed E-state index contributed by atoms with van der Waals surface area (Å²) in [6.07, 6.45) is 0. The first-order chi connectivity index (χ1) is 10.7. The topological polar surface area (TPSA) is 0 Å². The van der Waals surface area contributed by atoms with Crippen LogP contribution in [0, 0.1) is 13.8 Å². The van der Waals surface area contributed by atoms with E-state index < -0.39 is 0 Å². The highest BCUT2D eigenvalue weighted by atomic mass is 28.2. The van der Waals surface area contributed by atoms with E-state index in [0.29, 0.717) is 0 Å². The highest BCUT2D eigenvalue weighted by Crippen LogP contribution is 1.93. The lowest BCUT2D eigenvalue weighted by atomic mass is 10.2. The molecule has 0 N–H and O–H groups in total. The first-order valence-corrected chi connectivity index (χ1v) is 9.46. The molecule has 0 saturated heterocycles. The Hall–Kier alpha value is -1.91. The zero-order valence-corrected chi connectivity index (χ0v) is 14.9. The standard InChI is InChI=1S/C20H18Si2/c1-15-6-10-17(11-7-15)21-19-4-3-5-20(14-19)22-18-12-8-16(2)9-13-18/h3-14H,1-2H3. The molecular weight excluding hydrogens is 296 g/mol. The molecule has 3 aromatic carbocycles. The molecule has 0 nitrogen and oxygen atoms in total. The van der Waals surface area contributed by atoms with E-state index in [4.69, 9.17) is 0 Å². The average Bonchev–Trinajstić information content (AvgIpc) is 2.52. The lowest BCUT2D eigenvalue weighted by molar-refractivity contribution is 1.49. The molecule has 3 rings (SSSR count). The van der Waals surface area contributed by atoms with Gasteiger partial charge in [0.05, 0.1) is 0 Å². The maximum Gasteiger partial charge on any atom is 0.121 e. The highest BCUT2D eigenvalue weighted by Gasteiger charge is 2.02. The Morgan fingerprint density at radius 3 is 1.32 bits per heavy atom. The molecular formula is C20H18Si2. The number of hydrogen-bond donors (Lipinski definition) is 0. The van der Waals surface area contributed by atoms with Gasteiger partial charge in [-0.3, -0.25) is 0 Å². The molecule has 0 saturated carbocycles. The summed E-state index contributed by atoms with van der Waals surface area (Å²) >= 11 is 0. The van der Waals surface area contributed by atoms with Crippen molar-refractivity contribution in [3.63, 3.8) is 0 Å².